The molecular weight excluding hydrogens is 266 g/mol. The molecule has 0 spiro atoms. The van der Waals surface area contributed by atoms with Gasteiger partial charge in [-0.15, -0.1) is 0 Å². The van der Waals surface area contributed by atoms with Crippen LogP contribution < -0.4 is 5.32 Å². The zero-order chi connectivity index (χ0) is 15.3. The van der Waals surface area contributed by atoms with Crippen molar-refractivity contribution in [2.24, 2.45) is 5.92 Å². The molecular formula is C16H21N3O2. The second kappa shape index (κ2) is 4.55. The van der Waals surface area contributed by atoms with Crippen LogP contribution in [0.1, 0.15) is 39.2 Å². The fourth-order valence-electron chi connectivity index (χ4n) is 3.10. The molecule has 2 heterocycles. The van der Waals surface area contributed by atoms with Crippen molar-refractivity contribution in [2.45, 2.75) is 51.2 Å². The zero-order valence-electron chi connectivity index (χ0n) is 12.7. The van der Waals surface area contributed by atoms with Crippen molar-refractivity contribution >= 4 is 11.8 Å². The van der Waals surface area contributed by atoms with Gasteiger partial charge in [-0.05, 0) is 51.2 Å². The first-order valence-electron chi connectivity index (χ1n) is 7.39. The third-order valence-electron chi connectivity index (χ3n) is 4.66. The molecule has 5 heteroatoms. The molecule has 0 aromatic carbocycles. The van der Waals surface area contributed by atoms with Gasteiger partial charge < -0.3 is 10.2 Å². The van der Waals surface area contributed by atoms with E-state index < -0.39 is 11.1 Å². The summed E-state index contributed by atoms with van der Waals surface area (Å²) in [7, 11) is 0. The molecule has 1 aromatic heterocycles. The Bertz CT molecular complexity index is 580. The topological polar surface area (TPSA) is 62.3 Å². The number of carbonyl (C=O) groups excluding carboxylic acids is 2. The van der Waals surface area contributed by atoms with Crippen molar-refractivity contribution in [3.8, 4) is 0 Å². The SMILES string of the molecule is CC1(C)NC(=O)C(C)(C2CC2)N(Cc2cccnc2)C1=O. The van der Waals surface area contributed by atoms with Gasteiger partial charge >= 0.3 is 0 Å². The van der Waals surface area contributed by atoms with Gasteiger partial charge in [0, 0.05) is 18.9 Å². The summed E-state index contributed by atoms with van der Waals surface area (Å²) in [6, 6.07) is 3.79. The number of amides is 2. The lowest BCUT2D eigenvalue weighted by atomic mass is 9.84. The molecule has 1 aliphatic carbocycles. The largest absolute Gasteiger partial charge is 0.340 e. The number of rotatable bonds is 3. The summed E-state index contributed by atoms with van der Waals surface area (Å²) < 4.78 is 0. The average molecular weight is 287 g/mol. The van der Waals surface area contributed by atoms with Gasteiger partial charge in [0.1, 0.15) is 11.1 Å². The Balaban J connectivity index is 1.98. The normalized spacial score (nSPS) is 28.4. The van der Waals surface area contributed by atoms with Gasteiger partial charge in [0.05, 0.1) is 0 Å². The molecule has 0 bridgehead atoms. The number of carbonyl (C=O) groups is 2. The summed E-state index contributed by atoms with van der Waals surface area (Å²) in [4.78, 5) is 31.3. The second-order valence-corrected chi connectivity index (χ2v) is 6.75. The highest BCUT2D eigenvalue weighted by Crippen LogP contribution is 2.46. The minimum Gasteiger partial charge on any atom is -0.340 e. The van der Waals surface area contributed by atoms with Crippen LogP contribution in [0.4, 0.5) is 0 Å². The first kappa shape index (κ1) is 14.0. The molecule has 1 atom stereocenters. The minimum absolute atomic E-state index is 0.0275. The van der Waals surface area contributed by atoms with E-state index in [1.54, 1.807) is 31.1 Å². The molecule has 112 valence electrons. The molecule has 1 aromatic rings. The van der Waals surface area contributed by atoms with Gasteiger partial charge in [0.2, 0.25) is 11.8 Å². The van der Waals surface area contributed by atoms with Crippen LogP contribution in [0.15, 0.2) is 24.5 Å². The van der Waals surface area contributed by atoms with Crippen molar-refractivity contribution in [3.05, 3.63) is 30.1 Å². The maximum atomic E-state index is 12.8. The number of aromatic nitrogens is 1. The molecule has 1 aliphatic heterocycles. The van der Waals surface area contributed by atoms with Gasteiger partial charge in [-0.3, -0.25) is 14.6 Å². The van der Waals surface area contributed by atoms with Gasteiger partial charge in [0.15, 0.2) is 0 Å². The van der Waals surface area contributed by atoms with Crippen LogP contribution in [0.5, 0.6) is 0 Å². The van der Waals surface area contributed by atoms with Crippen molar-refractivity contribution in [1.29, 1.82) is 0 Å². The third-order valence-corrected chi connectivity index (χ3v) is 4.66. The Hall–Kier alpha value is -1.91. The second-order valence-electron chi connectivity index (χ2n) is 6.75. The molecule has 3 rings (SSSR count). The van der Waals surface area contributed by atoms with E-state index in [0.717, 1.165) is 18.4 Å². The lowest BCUT2D eigenvalue weighted by Crippen LogP contribution is -2.73. The number of hydrogen-bond donors (Lipinski definition) is 1. The fraction of sp³-hybridized carbons (Fsp3) is 0.562. The van der Waals surface area contributed by atoms with Crippen LogP contribution in [0.2, 0.25) is 0 Å². The zero-order valence-corrected chi connectivity index (χ0v) is 12.7. The van der Waals surface area contributed by atoms with Gasteiger partial charge in [-0.25, -0.2) is 0 Å². The van der Waals surface area contributed by atoms with Crippen LogP contribution in [-0.2, 0) is 16.1 Å². The van der Waals surface area contributed by atoms with E-state index in [1.807, 2.05) is 19.1 Å². The maximum Gasteiger partial charge on any atom is 0.248 e. The van der Waals surface area contributed by atoms with Crippen molar-refractivity contribution < 1.29 is 9.59 Å². The van der Waals surface area contributed by atoms with Crippen molar-refractivity contribution in [1.82, 2.24) is 15.2 Å². The number of pyridine rings is 1. The molecule has 1 unspecified atom stereocenters. The Labute approximate surface area is 124 Å². The number of hydrogen-bond acceptors (Lipinski definition) is 3. The summed E-state index contributed by atoms with van der Waals surface area (Å²) in [5.74, 6) is 0.188. The van der Waals surface area contributed by atoms with Crippen LogP contribution in [0.3, 0.4) is 0 Å². The van der Waals surface area contributed by atoms with E-state index in [-0.39, 0.29) is 17.7 Å². The molecule has 2 amide bonds. The van der Waals surface area contributed by atoms with Gasteiger partial charge in [-0.1, -0.05) is 6.07 Å². The lowest BCUT2D eigenvalue weighted by molar-refractivity contribution is -0.163. The Kier molecular flexibility index (Phi) is 3.04. The molecule has 1 saturated carbocycles. The number of nitrogens with one attached hydrogen (secondary N) is 1. The lowest BCUT2D eigenvalue weighted by Gasteiger charge is -2.49. The predicted molar refractivity (Wildman–Crippen MR) is 78.1 cm³/mol. The van der Waals surface area contributed by atoms with Crippen molar-refractivity contribution in [3.63, 3.8) is 0 Å². The number of nitrogens with zero attached hydrogens (tertiary/aromatic N) is 2. The molecule has 21 heavy (non-hydrogen) atoms. The van der Waals surface area contributed by atoms with Gasteiger partial charge in [0.25, 0.3) is 0 Å². The maximum absolute atomic E-state index is 12.8. The summed E-state index contributed by atoms with van der Waals surface area (Å²) in [6.45, 7) is 5.84. The smallest absolute Gasteiger partial charge is 0.248 e. The van der Waals surface area contributed by atoms with Crippen LogP contribution >= 0.6 is 0 Å². The number of piperazine rings is 1. The highest BCUT2D eigenvalue weighted by Gasteiger charge is 2.58. The van der Waals surface area contributed by atoms with Crippen molar-refractivity contribution in [2.75, 3.05) is 0 Å². The highest BCUT2D eigenvalue weighted by atomic mass is 16.2. The predicted octanol–water partition coefficient (Wildman–Crippen LogP) is 1.49. The van der Waals surface area contributed by atoms with E-state index >= 15 is 0 Å². The quantitative estimate of drug-likeness (QED) is 0.916. The monoisotopic (exact) mass is 287 g/mol. The Morgan fingerprint density at radius 2 is 2.05 bits per heavy atom. The molecule has 2 fully saturated rings. The molecule has 5 nitrogen and oxygen atoms in total. The summed E-state index contributed by atoms with van der Waals surface area (Å²) in [6.07, 6.45) is 5.46. The summed E-state index contributed by atoms with van der Waals surface area (Å²) in [5, 5.41) is 2.89. The van der Waals surface area contributed by atoms with E-state index in [2.05, 4.69) is 10.3 Å². The molecule has 1 N–H and O–H groups in total. The van der Waals surface area contributed by atoms with E-state index in [1.165, 1.54) is 0 Å². The fourth-order valence-corrected chi connectivity index (χ4v) is 3.10. The van der Waals surface area contributed by atoms with E-state index in [9.17, 15) is 9.59 Å². The highest BCUT2D eigenvalue weighted by molar-refractivity contribution is 6.02. The standard InChI is InChI=1S/C16H21N3O2/c1-15(2)14(21)19(10-11-5-4-8-17-9-11)16(3,12-6-7-12)13(20)18-15/h4-5,8-9,12H,6-7,10H2,1-3H3,(H,18,20). The average Bonchev–Trinajstić information content (AvgIpc) is 3.27. The Morgan fingerprint density at radius 1 is 1.33 bits per heavy atom. The summed E-state index contributed by atoms with van der Waals surface area (Å²) >= 11 is 0. The first-order valence-corrected chi connectivity index (χ1v) is 7.39. The summed E-state index contributed by atoms with van der Waals surface area (Å²) in [5.41, 5.74) is -0.654. The molecule has 1 saturated heterocycles. The van der Waals surface area contributed by atoms with Crippen LogP contribution in [0, 0.1) is 5.92 Å². The van der Waals surface area contributed by atoms with Crippen LogP contribution in [-0.4, -0.2) is 32.8 Å². The molecule has 2 aliphatic rings. The Morgan fingerprint density at radius 3 is 2.62 bits per heavy atom. The third kappa shape index (κ3) is 2.20. The van der Waals surface area contributed by atoms with E-state index in [0.29, 0.717) is 6.54 Å². The van der Waals surface area contributed by atoms with E-state index in [4.69, 9.17) is 0 Å². The van der Waals surface area contributed by atoms with Crippen LogP contribution in [0.25, 0.3) is 0 Å². The van der Waals surface area contributed by atoms with Gasteiger partial charge in [-0.2, -0.15) is 0 Å². The molecule has 0 radical (unpaired) electrons. The first-order chi connectivity index (χ1) is 9.85. The minimum atomic E-state index is -0.853.